The quantitative estimate of drug-likeness (QED) is 0.536. The number of rotatable bonds is 10. The van der Waals surface area contributed by atoms with E-state index in [0.717, 1.165) is 19.5 Å². The van der Waals surface area contributed by atoms with Gasteiger partial charge in [0.1, 0.15) is 0 Å². The lowest BCUT2D eigenvalue weighted by Crippen LogP contribution is -2.27. The lowest BCUT2D eigenvalue weighted by Gasteiger charge is -2.09. The van der Waals surface area contributed by atoms with Crippen LogP contribution in [-0.2, 0) is 9.59 Å². The molecule has 0 rings (SSSR count). The number of nitrogens with zero attached hydrogens (tertiary/aromatic N) is 1. The van der Waals surface area contributed by atoms with E-state index in [0.29, 0.717) is 17.9 Å². The van der Waals surface area contributed by atoms with Crippen molar-refractivity contribution in [3.63, 3.8) is 0 Å². The molecular weight excluding hydrogens is 238 g/mol. The average molecular weight is 260 g/mol. The summed E-state index contributed by atoms with van der Waals surface area (Å²) >= 11 is 1.53. The molecule has 0 bridgehead atoms. The van der Waals surface area contributed by atoms with E-state index in [2.05, 4.69) is 10.2 Å². The molecule has 0 aromatic rings. The fourth-order valence-corrected chi connectivity index (χ4v) is 1.88. The van der Waals surface area contributed by atoms with Crippen LogP contribution in [0.4, 0.5) is 0 Å². The molecule has 0 heterocycles. The van der Waals surface area contributed by atoms with Gasteiger partial charge in [-0.25, -0.2) is 0 Å². The molecule has 0 aromatic heterocycles. The summed E-state index contributed by atoms with van der Waals surface area (Å²) in [4.78, 5) is 23.8. The van der Waals surface area contributed by atoms with Crippen molar-refractivity contribution < 1.29 is 9.59 Å². The van der Waals surface area contributed by atoms with E-state index >= 15 is 0 Å². The predicted octanol–water partition coefficient (Wildman–Crippen LogP) is -0.133. The van der Waals surface area contributed by atoms with Crippen molar-refractivity contribution in [3.05, 3.63) is 6.42 Å². The van der Waals surface area contributed by atoms with Gasteiger partial charge in [-0.05, 0) is 27.1 Å². The van der Waals surface area contributed by atoms with Crippen LogP contribution in [0.3, 0.4) is 0 Å². The van der Waals surface area contributed by atoms with E-state index < -0.39 is 5.91 Å². The zero-order valence-corrected chi connectivity index (χ0v) is 11.4. The second-order valence-corrected chi connectivity index (χ2v) is 5.09. The molecule has 3 N–H and O–H groups in total. The third-order valence-corrected chi connectivity index (χ3v) is 2.88. The smallest absolute Gasteiger partial charge is 0.222 e. The molecule has 0 atom stereocenters. The van der Waals surface area contributed by atoms with E-state index in [1.807, 2.05) is 14.1 Å². The molecular formula is C11H22N3O2S. The number of nitrogens with one attached hydrogen (secondary N) is 1. The van der Waals surface area contributed by atoms with Gasteiger partial charge in [0.05, 0.1) is 6.42 Å². The van der Waals surface area contributed by atoms with Gasteiger partial charge in [0.15, 0.2) is 0 Å². The number of hydrogen-bond donors (Lipinski definition) is 2. The molecule has 0 aliphatic rings. The van der Waals surface area contributed by atoms with Crippen molar-refractivity contribution >= 4 is 23.6 Å². The van der Waals surface area contributed by atoms with Gasteiger partial charge in [0.25, 0.3) is 0 Å². The van der Waals surface area contributed by atoms with Gasteiger partial charge in [0.2, 0.25) is 11.8 Å². The highest BCUT2D eigenvalue weighted by atomic mass is 32.2. The molecule has 2 amide bonds. The van der Waals surface area contributed by atoms with Gasteiger partial charge in [0, 0.05) is 24.5 Å². The second kappa shape index (κ2) is 10.4. The van der Waals surface area contributed by atoms with Crippen LogP contribution in [0.1, 0.15) is 12.8 Å². The number of nitrogens with two attached hydrogens (primary N) is 1. The number of primary amides is 1. The van der Waals surface area contributed by atoms with Crippen LogP contribution in [0.15, 0.2) is 0 Å². The monoisotopic (exact) mass is 260 g/mol. The molecule has 5 nitrogen and oxygen atoms in total. The van der Waals surface area contributed by atoms with Crippen LogP contribution in [0, 0.1) is 6.42 Å². The summed E-state index contributed by atoms with van der Waals surface area (Å²) in [5, 5.41) is 2.86. The lowest BCUT2D eigenvalue weighted by molar-refractivity contribution is -0.120. The van der Waals surface area contributed by atoms with Crippen molar-refractivity contribution in [2.75, 3.05) is 38.7 Å². The maximum atomic E-state index is 11.3. The van der Waals surface area contributed by atoms with Crippen LogP contribution in [0.5, 0.6) is 0 Å². The van der Waals surface area contributed by atoms with Gasteiger partial charge in [-0.3, -0.25) is 9.59 Å². The van der Waals surface area contributed by atoms with Crippen molar-refractivity contribution in [2.24, 2.45) is 5.73 Å². The number of hydrogen-bond acceptors (Lipinski definition) is 4. The van der Waals surface area contributed by atoms with E-state index in [9.17, 15) is 9.59 Å². The van der Waals surface area contributed by atoms with Crippen LogP contribution in [-0.4, -0.2) is 55.4 Å². The first-order valence-corrected chi connectivity index (χ1v) is 6.79. The van der Waals surface area contributed by atoms with E-state index in [4.69, 9.17) is 5.73 Å². The summed E-state index contributed by atoms with van der Waals surface area (Å²) in [5.41, 5.74) is 4.95. The summed E-state index contributed by atoms with van der Waals surface area (Å²) in [5.74, 6) is 0.938. The normalized spacial score (nSPS) is 10.5. The Kier molecular flexibility index (Phi) is 9.95. The molecule has 6 heteroatoms. The van der Waals surface area contributed by atoms with Crippen LogP contribution < -0.4 is 11.1 Å². The number of carbonyl (C=O) groups is 2. The van der Waals surface area contributed by atoms with Gasteiger partial charge >= 0.3 is 0 Å². The second-order valence-electron chi connectivity index (χ2n) is 3.94. The minimum absolute atomic E-state index is 0.0651. The minimum atomic E-state index is -0.411. The van der Waals surface area contributed by atoms with Gasteiger partial charge in [-0.15, -0.1) is 0 Å². The summed E-state index contributed by atoms with van der Waals surface area (Å²) in [7, 11) is 4.02. The first-order chi connectivity index (χ1) is 8.02. The predicted molar refractivity (Wildman–Crippen MR) is 71.6 cm³/mol. The molecule has 0 spiro atoms. The maximum absolute atomic E-state index is 11.3. The Morgan fingerprint density at radius 1 is 1.41 bits per heavy atom. The fourth-order valence-electron chi connectivity index (χ4n) is 1.10. The minimum Gasteiger partial charge on any atom is -0.369 e. The lowest BCUT2D eigenvalue weighted by atomic mass is 10.4. The third kappa shape index (κ3) is 13.2. The summed E-state index contributed by atoms with van der Waals surface area (Å²) < 4.78 is 0. The highest BCUT2D eigenvalue weighted by Gasteiger charge is 2.01. The number of thioether (sulfide) groups is 1. The Hall–Kier alpha value is -0.750. The Balaban J connectivity index is 3.26. The summed E-state index contributed by atoms with van der Waals surface area (Å²) in [6.45, 7) is 1.69. The molecule has 99 valence electrons. The highest BCUT2D eigenvalue weighted by molar-refractivity contribution is 7.99. The standard InChI is InChI=1S/C11H22N3O2S/c1-14(2)7-3-6-13-11(16)5-9-17-8-4-10(12)15/h4H,3,5-9H2,1-2H3,(H2,12,15)(H,13,16). The number of amides is 2. The largest absolute Gasteiger partial charge is 0.369 e. The van der Waals surface area contributed by atoms with Crippen molar-refractivity contribution in [1.82, 2.24) is 10.2 Å². The first kappa shape index (κ1) is 16.2. The van der Waals surface area contributed by atoms with Gasteiger partial charge < -0.3 is 16.0 Å². The van der Waals surface area contributed by atoms with Crippen molar-refractivity contribution in [1.29, 1.82) is 0 Å². The topological polar surface area (TPSA) is 75.4 Å². The van der Waals surface area contributed by atoms with Crippen LogP contribution in [0.2, 0.25) is 0 Å². The summed E-state index contributed by atoms with van der Waals surface area (Å²) in [6.07, 6.45) is 2.86. The molecule has 1 radical (unpaired) electrons. The number of carbonyl (C=O) groups excluding carboxylic acids is 2. The van der Waals surface area contributed by atoms with Gasteiger partial charge in [-0.1, -0.05) is 0 Å². The molecule has 0 saturated heterocycles. The molecule has 0 unspecified atom stereocenters. The van der Waals surface area contributed by atoms with E-state index in [1.165, 1.54) is 18.2 Å². The molecule has 0 fully saturated rings. The maximum Gasteiger partial charge on any atom is 0.222 e. The average Bonchev–Trinajstić information content (AvgIpc) is 2.23. The van der Waals surface area contributed by atoms with Crippen molar-refractivity contribution in [2.45, 2.75) is 12.8 Å². The molecule has 0 saturated carbocycles. The Morgan fingerprint density at radius 2 is 2.12 bits per heavy atom. The Morgan fingerprint density at radius 3 is 2.71 bits per heavy atom. The first-order valence-electron chi connectivity index (χ1n) is 5.64. The van der Waals surface area contributed by atoms with Crippen molar-refractivity contribution in [3.8, 4) is 0 Å². The van der Waals surface area contributed by atoms with Gasteiger partial charge in [-0.2, -0.15) is 11.8 Å². The van der Waals surface area contributed by atoms with Crippen LogP contribution >= 0.6 is 11.8 Å². The SMILES string of the molecule is CN(C)CCCNC(=O)CCSC[CH]C(N)=O. The third-order valence-electron chi connectivity index (χ3n) is 1.98. The van der Waals surface area contributed by atoms with E-state index in [-0.39, 0.29) is 5.91 Å². The van der Waals surface area contributed by atoms with E-state index in [1.54, 1.807) is 0 Å². The molecule has 0 aromatic carbocycles. The van der Waals surface area contributed by atoms with Crippen LogP contribution in [0.25, 0.3) is 0 Å². The summed E-state index contributed by atoms with van der Waals surface area (Å²) in [6, 6.07) is 0. The molecule has 17 heavy (non-hydrogen) atoms. The Bertz CT molecular complexity index is 235. The molecule has 0 aliphatic heterocycles. The molecule has 0 aliphatic carbocycles. The highest BCUT2D eigenvalue weighted by Crippen LogP contribution is 2.03. The Labute approximate surface area is 107 Å². The fraction of sp³-hybridized carbons (Fsp3) is 0.727. The zero-order valence-electron chi connectivity index (χ0n) is 10.6. The zero-order chi connectivity index (χ0) is 13.1.